The molecular formula is C13H16N2O2S. The standard InChI is InChI=1S/C13H16N2O2S/c1-9(2)6-15-7-10(8-16)12(14-15)13-11(17-3)4-5-18-13/h4-5,7-9H,6H2,1-3H3. The zero-order chi connectivity index (χ0) is 13.1. The summed E-state index contributed by atoms with van der Waals surface area (Å²) in [6.45, 7) is 5.04. The Hall–Kier alpha value is -1.62. The molecule has 2 aromatic rings. The summed E-state index contributed by atoms with van der Waals surface area (Å²) in [4.78, 5) is 12.0. The number of aldehydes is 1. The predicted molar refractivity (Wildman–Crippen MR) is 72.3 cm³/mol. The molecule has 0 saturated carbocycles. The number of carbonyl (C=O) groups is 1. The molecule has 0 aromatic carbocycles. The van der Waals surface area contributed by atoms with Gasteiger partial charge in [-0.3, -0.25) is 9.48 Å². The van der Waals surface area contributed by atoms with E-state index < -0.39 is 0 Å². The fraction of sp³-hybridized carbons (Fsp3) is 0.385. The van der Waals surface area contributed by atoms with E-state index in [0.717, 1.165) is 23.5 Å². The Kier molecular flexibility index (Phi) is 3.81. The molecule has 0 unspecified atom stereocenters. The molecule has 0 N–H and O–H groups in total. The van der Waals surface area contributed by atoms with Crippen molar-refractivity contribution in [3.8, 4) is 16.3 Å². The monoisotopic (exact) mass is 264 g/mol. The maximum Gasteiger partial charge on any atom is 0.153 e. The van der Waals surface area contributed by atoms with E-state index in [0.29, 0.717) is 17.2 Å². The number of rotatable bonds is 5. The third kappa shape index (κ3) is 2.46. The smallest absolute Gasteiger partial charge is 0.153 e. The van der Waals surface area contributed by atoms with Gasteiger partial charge in [-0.05, 0) is 17.4 Å². The summed E-state index contributed by atoms with van der Waals surface area (Å²) in [6.07, 6.45) is 2.64. The summed E-state index contributed by atoms with van der Waals surface area (Å²) in [5, 5.41) is 6.42. The van der Waals surface area contributed by atoms with Crippen molar-refractivity contribution in [2.24, 2.45) is 5.92 Å². The summed E-state index contributed by atoms with van der Waals surface area (Å²) in [6, 6.07) is 1.88. The van der Waals surface area contributed by atoms with Crippen LogP contribution >= 0.6 is 11.3 Å². The molecule has 0 fully saturated rings. The number of nitrogens with zero attached hydrogens (tertiary/aromatic N) is 2. The highest BCUT2D eigenvalue weighted by atomic mass is 32.1. The molecule has 0 saturated heterocycles. The van der Waals surface area contributed by atoms with Crippen molar-refractivity contribution in [1.29, 1.82) is 0 Å². The first-order chi connectivity index (χ1) is 8.65. The minimum absolute atomic E-state index is 0.488. The van der Waals surface area contributed by atoms with E-state index >= 15 is 0 Å². The van der Waals surface area contributed by atoms with Crippen LogP contribution in [0.2, 0.25) is 0 Å². The van der Waals surface area contributed by atoms with Crippen LogP contribution in [0.1, 0.15) is 24.2 Å². The van der Waals surface area contributed by atoms with Crippen LogP contribution in [0.25, 0.3) is 10.6 Å². The van der Waals surface area contributed by atoms with Crippen LogP contribution in [-0.2, 0) is 6.54 Å². The Balaban J connectivity index is 2.43. The highest BCUT2D eigenvalue weighted by Gasteiger charge is 2.16. The first kappa shape index (κ1) is 12.8. The zero-order valence-corrected chi connectivity index (χ0v) is 11.5. The fourth-order valence-electron chi connectivity index (χ4n) is 1.80. The summed E-state index contributed by atoms with van der Waals surface area (Å²) >= 11 is 1.53. The number of hydrogen-bond donors (Lipinski definition) is 0. The third-order valence-electron chi connectivity index (χ3n) is 2.53. The number of ether oxygens (including phenoxy) is 1. The highest BCUT2D eigenvalue weighted by molar-refractivity contribution is 7.14. The summed E-state index contributed by atoms with van der Waals surface area (Å²) in [5.74, 6) is 1.25. The van der Waals surface area contributed by atoms with Gasteiger partial charge in [-0.1, -0.05) is 13.8 Å². The van der Waals surface area contributed by atoms with Gasteiger partial charge in [0.25, 0.3) is 0 Å². The molecule has 4 nitrogen and oxygen atoms in total. The first-order valence-corrected chi connectivity index (χ1v) is 6.68. The van der Waals surface area contributed by atoms with Gasteiger partial charge in [0.1, 0.15) is 11.4 Å². The van der Waals surface area contributed by atoms with E-state index in [-0.39, 0.29) is 0 Å². The molecule has 0 spiro atoms. The Labute approximate surface area is 110 Å². The Bertz CT molecular complexity index is 543. The lowest BCUT2D eigenvalue weighted by molar-refractivity contribution is 0.112. The molecule has 5 heteroatoms. The number of methoxy groups -OCH3 is 1. The van der Waals surface area contributed by atoms with Crippen LogP contribution < -0.4 is 4.74 Å². The van der Waals surface area contributed by atoms with E-state index in [1.54, 1.807) is 13.3 Å². The molecule has 0 radical (unpaired) electrons. The van der Waals surface area contributed by atoms with Gasteiger partial charge >= 0.3 is 0 Å². The van der Waals surface area contributed by atoms with Crippen LogP contribution in [0, 0.1) is 5.92 Å². The van der Waals surface area contributed by atoms with Crippen LogP contribution in [0.15, 0.2) is 17.6 Å². The molecule has 0 atom stereocenters. The number of thiophene rings is 1. The largest absolute Gasteiger partial charge is 0.495 e. The number of aromatic nitrogens is 2. The van der Waals surface area contributed by atoms with Crippen molar-refractivity contribution in [3.63, 3.8) is 0 Å². The second-order valence-electron chi connectivity index (χ2n) is 4.48. The Morgan fingerprint density at radius 2 is 2.33 bits per heavy atom. The van der Waals surface area contributed by atoms with E-state index in [1.807, 2.05) is 16.1 Å². The van der Waals surface area contributed by atoms with Crippen LogP contribution in [0.5, 0.6) is 5.75 Å². The highest BCUT2D eigenvalue weighted by Crippen LogP contribution is 2.35. The lowest BCUT2D eigenvalue weighted by atomic mass is 10.2. The molecule has 2 aromatic heterocycles. The topological polar surface area (TPSA) is 44.1 Å². The van der Waals surface area contributed by atoms with Crippen LogP contribution in [0.4, 0.5) is 0 Å². The molecule has 0 bridgehead atoms. The normalized spacial score (nSPS) is 10.9. The molecule has 96 valence electrons. The first-order valence-electron chi connectivity index (χ1n) is 5.80. The second-order valence-corrected chi connectivity index (χ2v) is 5.40. The van der Waals surface area contributed by atoms with Gasteiger partial charge in [0.15, 0.2) is 6.29 Å². The SMILES string of the molecule is COc1ccsc1-c1nn(CC(C)C)cc1C=O. The zero-order valence-electron chi connectivity index (χ0n) is 10.7. The minimum atomic E-state index is 0.488. The summed E-state index contributed by atoms with van der Waals surface area (Å²) in [7, 11) is 1.62. The van der Waals surface area contributed by atoms with Crippen molar-refractivity contribution in [2.45, 2.75) is 20.4 Å². The van der Waals surface area contributed by atoms with E-state index in [4.69, 9.17) is 4.74 Å². The second kappa shape index (κ2) is 5.35. The van der Waals surface area contributed by atoms with Crippen molar-refractivity contribution >= 4 is 17.6 Å². The quantitative estimate of drug-likeness (QED) is 0.779. The van der Waals surface area contributed by atoms with Crippen molar-refractivity contribution in [3.05, 3.63) is 23.2 Å². The Morgan fingerprint density at radius 3 is 2.94 bits per heavy atom. The number of carbonyl (C=O) groups excluding carboxylic acids is 1. The molecule has 0 aliphatic rings. The average Bonchev–Trinajstić information content (AvgIpc) is 2.92. The van der Waals surface area contributed by atoms with Crippen molar-refractivity contribution < 1.29 is 9.53 Å². The van der Waals surface area contributed by atoms with Gasteiger partial charge in [0.05, 0.1) is 17.6 Å². The van der Waals surface area contributed by atoms with E-state index in [1.165, 1.54) is 11.3 Å². The molecule has 0 amide bonds. The van der Waals surface area contributed by atoms with Gasteiger partial charge in [0, 0.05) is 12.7 Å². The molecule has 18 heavy (non-hydrogen) atoms. The maximum absolute atomic E-state index is 11.1. The Morgan fingerprint density at radius 1 is 1.56 bits per heavy atom. The molecule has 2 heterocycles. The average molecular weight is 264 g/mol. The van der Waals surface area contributed by atoms with Gasteiger partial charge in [0.2, 0.25) is 0 Å². The summed E-state index contributed by atoms with van der Waals surface area (Å²) < 4.78 is 7.10. The lowest BCUT2D eigenvalue weighted by Gasteiger charge is -2.03. The van der Waals surface area contributed by atoms with Crippen molar-refractivity contribution in [2.75, 3.05) is 7.11 Å². The molecule has 0 aliphatic heterocycles. The molecular weight excluding hydrogens is 248 g/mol. The van der Waals surface area contributed by atoms with Gasteiger partial charge < -0.3 is 4.74 Å². The van der Waals surface area contributed by atoms with Gasteiger partial charge in [-0.15, -0.1) is 11.3 Å². The third-order valence-corrected chi connectivity index (χ3v) is 3.44. The minimum Gasteiger partial charge on any atom is -0.495 e. The van der Waals surface area contributed by atoms with Gasteiger partial charge in [-0.2, -0.15) is 5.10 Å². The van der Waals surface area contributed by atoms with E-state index in [2.05, 4.69) is 18.9 Å². The van der Waals surface area contributed by atoms with Crippen molar-refractivity contribution in [1.82, 2.24) is 9.78 Å². The van der Waals surface area contributed by atoms with Crippen LogP contribution in [0.3, 0.4) is 0 Å². The predicted octanol–water partition coefficient (Wildman–Crippen LogP) is 3.09. The summed E-state index contributed by atoms with van der Waals surface area (Å²) in [5.41, 5.74) is 1.31. The maximum atomic E-state index is 11.1. The van der Waals surface area contributed by atoms with E-state index in [9.17, 15) is 4.79 Å². The molecule has 0 aliphatic carbocycles. The number of hydrogen-bond acceptors (Lipinski definition) is 4. The van der Waals surface area contributed by atoms with Crippen LogP contribution in [-0.4, -0.2) is 23.2 Å². The lowest BCUT2D eigenvalue weighted by Crippen LogP contribution is -2.04. The fourth-order valence-corrected chi connectivity index (χ4v) is 2.66. The van der Waals surface area contributed by atoms with Gasteiger partial charge in [-0.25, -0.2) is 0 Å². The molecule has 2 rings (SSSR count).